The molecule has 0 aliphatic carbocycles. The fraction of sp³-hybridized carbons (Fsp3) is 0.133. The summed E-state index contributed by atoms with van der Waals surface area (Å²) >= 11 is 0. The summed E-state index contributed by atoms with van der Waals surface area (Å²) in [6.07, 6.45) is 0. The molecule has 3 rings (SSSR count). The Bertz CT molecular complexity index is 703. The molecule has 0 saturated carbocycles. The van der Waals surface area contributed by atoms with Crippen LogP contribution in [0.4, 0.5) is 5.95 Å². The highest BCUT2D eigenvalue weighted by molar-refractivity contribution is 5.85. The third-order valence-corrected chi connectivity index (χ3v) is 3.27. The van der Waals surface area contributed by atoms with E-state index in [4.69, 9.17) is 5.73 Å². The van der Waals surface area contributed by atoms with Gasteiger partial charge in [-0.25, -0.2) is 4.98 Å². The molecule has 0 unspecified atom stereocenters. The molecule has 1 aromatic heterocycles. The van der Waals surface area contributed by atoms with E-state index in [1.54, 1.807) is 0 Å². The molecule has 0 aliphatic rings. The largest absolute Gasteiger partial charge is 0.369 e. The maximum atomic E-state index is 6.00. The average molecular weight is 274 g/mol. The summed E-state index contributed by atoms with van der Waals surface area (Å²) in [6, 6.07) is 16.4. The minimum Gasteiger partial charge on any atom is -0.369 e. The minimum absolute atomic E-state index is 0. The first kappa shape index (κ1) is 13.4. The number of hydrogen-bond acceptors (Lipinski definition) is 2. The fourth-order valence-electron chi connectivity index (χ4n) is 2.22. The summed E-state index contributed by atoms with van der Waals surface area (Å²) in [7, 11) is 0. The Balaban J connectivity index is 0.00000133. The number of benzene rings is 2. The molecule has 0 radical (unpaired) electrons. The molecule has 2 aromatic carbocycles. The van der Waals surface area contributed by atoms with E-state index >= 15 is 0 Å². The van der Waals surface area contributed by atoms with Gasteiger partial charge in [0.1, 0.15) is 0 Å². The zero-order chi connectivity index (χ0) is 12.5. The summed E-state index contributed by atoms with van der Waals surface area (Å²) in [4.78, 5) is 4.38. The number of rotatable bonds is 2. The smallest absolute Gasteiger partial charge is 0.201 e. The monoisotopic (exact) mass is 273 g/mol. The number of hydrogen-bond donors (Lipinski definition) is 1. The Morgan fingerprint density at radius 1 is 1.05 bits per heavy atom. The van der Waals surface area contributed by atoms with Crippen molar-refractivity contribution in [2.75, 3.05) is 5.73 Å². The number of nitrogens with zero attached hydrogens (tertiary/aromatic N) is 2. The molecule has 0 saturated heterocycles. The number of aryl methyl sites for hydroxylation is 1. The van der Waals surface area contributed by atoms with Crippen molar-refractivity contribution in [1.29, 1.82) is 0 Å². The lowest BCUT2D eigenvalue weighted by atomic mass is 10.1. The molecule has 1 heterocycles. The van der Waals surface area contributed by atoms with E-state index in [1.807, 2.05) is 24.3 Å². The van der Waals surface area contributed by atoms with Crippen LogP contribution in [-0.4, -0.2) is 9.55 Å². The van der Waals surface area contributed by atoms with E-state index in [1.165, 1.54) is 11.1 Å². The lowest BCUT2D eigenvalue weighted by molar-refractivity contribution is 0.832. The lowest BCUT2D eigenvalue weighted by Gasteiger charge is -2.09. The topological polar surface area (TPSA) is 43.8 Å². The number of imidazole rings is 1. The highest BCUT2D eigenvalue weighted by Gasteiger charge is 2.08. The molecule has 98 valence electrons. The quantitative estimate of drug-likeness (QED) is 0.778. The van der Waals surface area contributed by atoms with Crippen molar-refractivity contribution in [3.8, 4) is 0 Å². The first-order valence-corrected chi connectivity index (χ1v) is 6.01. The number of aromatic nitrogens is 2. The highest BCUT2D eigenvalue weighted by Crippen LogP contribution is 2.20. The second-order valence-electron chi connectivity index (χ2n) is 4.47. The first-order valence-electron chi connectivity index (χ1n) is 6.01. The molecule has 2 N–H and O–H groups in total. The van der Waals surface area contributed by atoms with Crippen molar-refractivity contribution >= 4 is 29.4 Å². The number of nitrogen functional groups attached to an aromatic ring is 1. The van der Waals surface area contributed by atoms with Gasteiger partial charge in [-0.15, -0.1) is 12.4 Å². The van der Waals surface area contributed by atoms with E-state index < -0.39 is 0 Å². The van der Waals surface area contributed by atoms with Crippen LogP contribution >= 0.6 is 12.4 Å². The number of fused-ring (bicyclic) bond motifs is 1. The van der Waals surface area contributed by atoms with Crippen LogP contribution in [-0.2, 0) is 6.54 Å². The van der Waals surface area contributed by atoms with Crippen LogP contribution in [0.5, 0.6) is 0 Å². The maximum Gasteiger partial charge on any atom is 0.201 e. The van der Waals surface area contributed by atoms with Crippen molar-refractivity contribution in [1.82, 2.24) is 9.55 Å². The van der Waals surface area contributed by atoms with Gasteiger partial charge in [-0.2, -0.15) is 0 Å². The van der Waals surface area contributed by atoms with E-state index in [0.717, 1.165) is 17.6 Å². The first-order chi connectivity index (χ1) is 8.75. The van der Waals surface area contributed by atoms with Crippen LogP contribution in [0.15, 0.2) is 48.5 Å². The predicted octanol–water partition coefficient (Wildman–Crippen LogP) is 3.40. The molecule has 4 heteroatoms. The molecule has 0 spiro atoms. The standard InChI is InChI=1S/C15H15N3.ClH/c1-11-6-2-3-7-12(11)10-18-14-9-5-4-8-13(14)17-15(18)16;/h2-9H,10H2,1H3,(H2,16,17);1H. The lowest BCUT2D eigenvalue weighted by Crippen LogP contribution is -2.05. The van der Waals surface area contributed by atoms with E-state index in [0.29, 0.717) is 5.95 Å². The molecular weight excluding hydrogens is 258 g/mol. The fourth-order valence-corrected chi connectivity index (χ4v) is 2.22. The Kier molecular flexibility index (Phi) is 3.76. The number of anilines is 1. The normalized spacial score (nSPS) is 10.4. The van der Waals surface area contributed by atoms with Gasteiger partial charge in [0.25, 0.3) is 0 Å². The molecule has 19 heavy (non-hydrogen) atoms. The molecule has 0 fully saturated rings. The Morgan fingerprint density at radius 2 is 1.74 bits per heavy atom. The van der Waals surface area contributed by atoms with Crippen LogP contribution in [0.3, 0.4) is 0 Å². The molecule has 0 bridgehead atoms. The van der Waals surface area contributed by atoms with Crippen molar-refractivity contribution in [3.63, 3.8) is 0 Å². The molecule has 0 amide bonds. The van der Waals surface area contributed by atoms with Gasteiger partial charge in [-0.05, 0) is 30.2 Å². The molecule has 3 aromatic rings. The van der Waals surface area contributed by atoms with Gasteiger partial charge in [0.15, 0.2) is 0 Å². The minimum atomic E-state index is 0. The molecular formula is C15H16ClN3. The zero-order valence-electron chi connectivity index (χ0n) is 10.7. The molecule has 3 nitrogen and oxygen atoms in total. The average Bonchev–Trinajstić information content (AvgIpc) is 2.69. The number of nitrogens with two attached hydrogens (primary N) is 1. The number of halogens is 1. The van der Waals surface area contributed by atoms with Crippen molar-refractivity contribution in [2.45, 2.75) is 13.5 Å². The zero-order valence-corrected chi connectivity index (χ0v) is 11.5. The van der Waals surface area contributed by atoms with Crippen LogP contribution in [0.2, 0.25) is 0 Å². The summed E-state index contributed by atoms with van der Waals surface area (Å²) in [6.45, 7) is 2.88. The van der Waals surface area contributed by atoms with E-state index in [-0.39, 0.29) is 12.4 Å². The maximum absolute atomic E-state index is 6.00. The summed E-state index contributed by atoms with van der Waals surface area (Å²) in [5, 5.41) is 0. The van der Waals surface area contributed by atoms with E-state index in [2.05, 4.69) is 40.7 Å². The van der Waals surface area contributed by atoms with Gasteiger partial charge in [-0.1, -0.05) is 36.4 Å². The summed E-state index contributed by atoms with van der Waals surface area (Å²) < 4.78 is 2.05. The summed E-state index contributed by atoms with van der Waals surface area (Å²) in [5.41, 5.74) is 10.6. The third-order valence-electron chi connectivity index (χ3n) is 3.27. The van der Waals surface area contributed by atoms with Gasteiger partial charge in [0, 0.05) is 0 Å². The Labute approximate surface area is 118 Å². The molecule has 0 atom stereocenters. The van der Waals surface area contributed by atoms with Crippen LogP contribution < -0.4 is 5.73 Å². The SMILES string of the molecule is Cc1ccccc1Cn1c(N)nc2ccccc21.Cl. The van der Waals surface area contributed by atoms with Gasteiger partial charge >= 0.3 is 0 Å². The van der Waals surface area contributed by atoms with Crippen molar-refractivity contribution in [2.24, 2.45) is 0 Å². The van der Waals surface area contributed by atoms with E-state index in [9.17, 15) is 0 Å². The second-order valence-corrected chi connectivity index (χ2v) is 4.47. The Hall–Kier alpha value is -2.00. The number of para-hydroxylation sites is 2. The van der Waals surface area contributed by atoms with Crippen molar-refractivity contribution in [3.05, 3.63) is 59.7 Å². The Morgan fingerprint density at radius 3 is 2.53 bits per heavy atom. The highest BCUT2D eigenvalue weighted by atomic mass is 35.5. The van der Waals surface area contributed by atoms with Gasteiger partial charge in [0.2, 0.25) is 5.95 Å². The van der Waals surface area contributed by atoms with Crippen molar-refractivity contribution < 1.29 is 0 Å². The molecule has 0 aliphatic heterocycles. The van der Waals surface area contributed by atoms with Crippen LogP contribution in [0.1, 0.15) is 11.1 Å². The van der Waals surface area contributed by atoms with Crippen LogP contribution in [0.25, 0.3) is 11.0 Å². The third kappa shape index (κ3) is 2.42. The summed E-state index contributed by atoms with van der Waals surface area (Å²) in [5.74, 6) is 0.569. The van der Waals surface area contributed by atoms with Gasteiger partial charge in [-0.3, -0.25) is 0 Å². The van der Waals surface area contributed by atoms with Gasteiger partial charge < -0.3 is 10.3 Å². The van der Waals surface area contributed by atoms with Crippen LogP contribution in [0, 0.1) is 6.92 Å². The van der Waals surface area contributed by atoms with Gasteiger partial charge in [0.05, 0.1) is 17.6 Å². The second kappa shape index (κ2) is 5.33. The predicted molar refractivity (Wildman–Crippen MR) is 81.7 cm³/mol.